The number of piperazine rings is 1. The molecule has 2 heterocycles. The maximum absolute atomic E-state index is 12.0. The Hall–Kier alpha value is -1.53. The molecule has 1 atom stereocenters. The van der Waals surface area contributed by atoms with E-state index < -0.39 is 6.04 Å². The molecule has 5 nitrogen and oxygen atoms in total. The van der Waals surface area contributed by atoms with E-state index in [9.17, 15) is 4.79 Å². The number of primary amides is 1. The van der Waals surface area contributed by atoms with Crippen LogP contribution in [0.1, 0.15) is 11.6 Å². The van der Waals surface area contributed by atoms with Crippen LogP contribution in [-0.2, 0) is 4.79 Å². The fraction of sp³-hybridized carbons (Fsp3) is 0.294. The highest BCUT2D eigenvalue weighted by Gasteiger charge is 2.29. The van der Waals surface area contributed by atoms with Crippen molar-refractivity contribution in [1.82, 2.24) is 9.88 Å². The van der Waals surface area contributed by atoms with Crippen molar-refractivity contribution in [2.24, 2.45) is 5.73 Å². The number of aromatic nitrogens is 1. The third-order valence-electron chi connectivity index (χ3n) is 4.22. The second kappa shape index (κ2) is 7.79. The van der Waals surface area contributed by atoms with E-state index >= 15 is 0 Å². The van der Waals surface area contributed by atoms with Crippen molar-refractivity contribution in [2.45, 2.75) is 6.04 Å². The number of nitrogens with zero attached hydrogens (tertiary/aromatic N) is 3. The summed E-state index contributed by atoms with van der Waals surface area (Å²) in [7, 11) is 0. The van der Waals surface area contributed by atoms with Gasteiger partial charge in [0.2, 0.25) is 5.91 Å². The molecule has 25 heavy (non-hydrogen) atoms. The third kappa shape index (κ3) is 4.18. The Bertz CT molecular complexity index is 761. The molecule has 0 bridgehead atoms. The van der Waals surface area contributed by atoms with Gasteiger partial charge in [-0.3, -0.25) is 9.69 Å². The Balaban J connectivity index is 1.73. The number of hydrogen-bond donors (Lipinski definition) is 1. The van der Waals surface area contributed by atoms with Crippen LogP contribution < -0.4 is 10.6 Å². The van der Waals surface area contributed by atoms with Gasteiger partial charge in [-0.1, -0.05) is 46.9 Å². The van der Waals surface area contributed by atoms with Crippen molar-refractivity contribution >= 4 is 46.5 Å². The van der Waals surface area contributed by atoms with Crippen molar-refractivity contribution in [1.29, 1.82) is 0 Å². The van der Waals surface area contributed by atoms with Crippen LogP contribution in [0.15, 0.2) is 36.5 Å². The fourth-order valence-corrected chi connectivity index (χ4v) is 3.66. The smallest absolute Gasteiger partial charge is 0.239 e. The highest BCUT2D eigenvalue weighted by atomic mass is 35.5. The molecule has 1 saturated heterocycles. The van der Waals surface area contributed by atoms with Crippen molar-refractivity contribution in [3.63, 3.8) is 0 Å². The maximum atomic E-state index is 12.0. The Labute approximate surface area is 161 Å². The van der Waals surface area contributed by atoms with E-state index in [1.165, 1.54) is 0 Å². The molecule has 1 aliphatic rings. The summed E-state index contributed by atoms with van der Waals surface area (Å²) in [6.07, 6.45) is 1.58. The quantitative estimate of drug-likeness (QED) is 0.856. The first-order valence-corrected chi connectivity index (χ1v) is 8.94. The number of nitrogens with two attached hydrogens (primary N) is 1. The Morgan fingerprint density at radius 3 is 2.24 bits per heavy atom. The van der Waals surface area contributed by atoms with E-state index in [4.69, 9.17) is 40.5 Å². The van der Waals surface area contributed by atoms with Gasteiger partial charge in [0.1, 0.15) is 11.9 Å². The number of pyridine rings is 1. The van der Waals surface area contributed by atoms with E-state index in [1.807, 2.05) is 12.1 Å². The van der Waals surface area contributed by atoms with Crippen LogP contribution in [-0.4, -0.2) is 42.0 Å². The normalized spacial score (nSPS) is 16.7. The second-order valence-corrected chi connectivity index (χ2v) is 7.12. The molecule has 0 aliphatic carbocycles. The summed E-state index contributed by atoms with van der Waals surface area (Å²) in [5, 5.41) is 1.65. The number of amides is 1. The van der Waals surface area contributed by atoms with Crippen molar-refractivity contribution < 1.29 is 4.79 Å². The summed E-state index contributed by atoms with van der Waals surface area (Å²) in [4.78, 5) is 20.5. The summed E-state index contributed by atoms with van der Waals surface area (Å²) in [5.41, 5.74) is 6.49. The molecule has 2 N–H and O–H groups in total. The van der Waals surface area contributed by atoms with Crippen molar-refractivity contribution in [3.05, 3.63) is 57.2 Å². The molecule has 0 spiro atoms. The highest BCUT2D eigenvalue weighted by molar-refractivity contribution is 6.36. The molecule has 1 aliphatic heterocycles. The first kappa shape index (κ1) is 18.3. The number of halogens is 3. The number of carbonyl (C=O) groups excluding carboxylic acids is 1. The molecular formula is C17H17Cl3N4O. The molecule has 2 aromatic rings. The lowest BCUT2D eigenvalue weighted by Gasteiger charge is -2.39. The average molecular weight is 400 g/mol. The minimum atomic E-state index is -0.479. The summed E-state index contributed by atoms with van der Waals surface area (Å²) < 4.78 is 0. The summed E-state index contributed by atoms with van der Waals surface area (Å²) in [6, 6.07) is 8.40. The van der Waals surface area contributed by atoms with Gasteiger partial charge in [-0.15, -0.1) is 0 Å². The Morgan fingerprint density at radius 1 is 1.04 bits per heavy atom. The fourth-order valence-electron chi connectivity index (χ4n) is 3.03. The van der Waals surface area contributed by atoms with Crippen LogP contribution in [0, 0.1) is 0 Å². The van der Waals surface area contributed by atoms with Crippen molar-refractivity contribution in [3.8, 4) is 0 Å². The number of anilines is 1. The molecule has 3 rings (SSSR count). The molecule has 8 heteroatoms. The topological polar surface area (TPSA) is 62.5 Å². The van der Waals surface area contributed by atoms with Crippen LogP contribution in [0.2, 0.25) is 15.1 Å². The van der Waals surface area contributed by atoms with Gasteiger partial charge in [-0.25, -0.2) is 4.98 Å². The van der Waals surface area contributed by atoms with Crippen LogP contribution in [0.5, 0.6) is 0 Å². The first-order chi connectivity index (χ1) is 12.0. The Kier molecular flexibility index (Phi) is 5.69. The van der Waals surface area contributed by atoms with Crippen LogP contribution in [0.4, 0.5) is 5.82 Å². The van der Waals surface area contributed by atoms with E-state index in [0.717, 1.165) is 5.56 Å². The predicted molar refractivity (Wildman–Crippen MR) is 101 cm³/mol. The lowest BCUT2D eigenvalue weighted by atomic mass is 10.0. The number of benzene rings is 1. The summed E-state index contributed by atoms with van der Waals surface area (Å²) in [6.45, 7) is 2.70. The second-order valence-electron chi connectivity index (χ2n) is 5.84. The monoisotopic (exact) mass is 398 g/mol. The lowest BCUT2D eigenvalue weighted by molar-refractivity contribution is -0.123. The average Bonchev–Trinajstić information content (AvgIpc) is 2.57. The molecular weight excluding hydrogens is 383 g/mol. The van der Waals surface area contributed by atoms with Gasteiger partial charge < -0.3 is 10.6 Å². The van der Waals surface area contributed by atoms with Crippen LogP contribution >= 0.6 is 34.8 Å². The predicted octanol–water partition coefficient (Wildman–Crippen LogP) is 3.39. The number of carbonyl (C=O) groups is 1. The van der Waals surface area contributed by atoms with Gasteiger partial charge in [0.25, 0.3) is 0 Å². The van der Waals surface area contributed by atoms with Gasteiger partial charge in [0, 0.05) is 37.4 Å². The van der Waals surface area contributed by atoms with Gasteiger partial charge in [-0.2, -0.15) is 0 Å². The first-order valence-electron chi connectivity index (χ1n) is 7.80. The minimum absolute atomic E-state index is 0.376. The molecule has 0 saturated carbocycles. The number of hydrogen-bond acceptors (Lipinski definition) is 4. The highest BCUT2D eigenvalue weighted by Crippen LogP contribution is 2.29. The molecule has 1 aromatic heterocycles. The molecule has 1 fully saturated rings. The van der Waals surface area contributed by atoms with Crippen LogP contribution in [0.25, 0.3) is 0 Å². The van der Waals surface area contributed by atoms with Gasteiger partial charge in [-0.05, 0) is 23.8 Å². The summed E-state index contributed by atoms with van der Waals surface area (Å²) >= 11 is 18.1. The lowest BCUT2D eigenvalue weighted by Crippen LogP contribution is -2.50. The van der Waals surface area contributed by atoms with E-state index in [0.29, 0.717) is 47.1 Å². The zero-order valence-electron chi connectivity index (χ0n) is 13.3. The summed E-state index contributed by atoms with van der Waals surface area (Å²) in [5.74, 6) is 0.325. The van der Waals surface area contributed by atoms with E-state index in [1.54, 1.807) is 24.4 Å². The number of rotatable bonds is 4. The SMILES string of the molecule is NC(=O)[C@H](c1ccc(Cl)cc1)N1CCN(c2ncc(Cl)cc2Cl)CC1. The molecule has 1 aromatic carbocycles. The standard InChI is InChI=1S/C17H17Cl3N4O/c18-12-3-1-11(2-4-12)15(16(21)25)23-5-7-24(8-6-23)17-14(20)9-13(19)10-22-17/h1-4,9-10,15H,5-8H2,(H2,21,25)/t15-/m0/s1. The van der Waals surface area contributed by atoms with Gasteiger partial charge >= 0.3 is 0 Å². The van der Waals surface area contributed by atoms with Crippen molar-refractivity contribution in [2.75, 3.05) is 31.1 Å². The maximum Gasteiger partial charge on any atom is 0.239 e. The third-order valence-corrected chi connectivity index (χ3v) is 4.96. The van der Waals surface area contributed by atoms with E-state index in [-0.39, 0.29) is 5.91 Å². The minimum Gasteiger partial charge on any atom is -0.368 e. The zero-order chi connectivity index (χ0) is 18.0. The molecule has 0 radical (unpaired) electrons. The Morgan fingerprint density at radius 2 is 1.68 bits per heavy atom. The van der Waals surface area contributed by atoms with Crippen LogP contribution in [0.3, 0.4) is 0 Å². The molecule has 0 unspecified atom stereocenters. The zero-order valence-corrected chi connectivity index (χ0v) is 15.6. The van der Waals surface area contributed by atoms with Gasteiger partial charge in [0.05, 0.1) is 10.0 Å². The van der Waals surface area contributed by atoms with Gasteiger partial charge in [0.15, 0.2) is 0 Å². The molecule has 1 amide bonds. The molecule has 132 valence electrons. The van der Waals surface area contributed by atoms with E-state index in [2.05, 4.69) is 14.8 Å². The largest absolute Gasteiger partial charge is 0.368 e.